The van der Waals surface area contributed by atoms with E-state index in [-0.39, 0.29) is 10.6 Å². The molecule has 2 N–H and O–H groups in total. The van der Waals surface area contributed by atoms with Crippen LogP contribution in [-0.4, -0.2) is 52.3 Å². The highest BCUT2D eigenvalue weighted by atomic mass is 35.5. The number of aromatic nitrogens is 1. The maximum atomic E-state index is 11.0. The number of piperazine rings is 1. The Kier molecular flexibility index (Phi) is 6.04. The van der Waals surface area contributed by atoms with Crippen molar-refractivity contribution in [2.45, 2.75) is 6.92 Å². The summed E-state index contributed by atoms with van der Waals surface area (Å²) in [6.45, 7) is 5.07. The molecule has 1 aromatic heterocycles. The number of hydrogen-bond acceptors (Lipinski definition) is 4. The molecule has 27 heavy (non-hydrogen) atoms. The molecule has 0 aliphatic carbocycles. The van der Waals surface area contributed by atoms with E-state index in [1.165, 1.54) is 6.07 Å². The summed E-state index contributed by atoms with van der Waals surface area (Å²) in [4.78, 5) is 19.6. The summed E-state index contributed by atoms with van der Waals surface area (Å²) >= 11 is 17.5. The van der Waals surface area contributed by atoms with E-state index >= 15 is 0 Å². The normalized spacial score (nSPS) is 14.2. The van der Waals surface area contributed by atoms with Gasteiger partial charge < -0.3 is 20.2 Å². The van der Waals surface area contributed by atoms with Crippen molar-refractivity contribution in [3.8, 4) is 0 Å². The number of carboxylic acid groups (broad SMARTS) is 1. The van der Waals surface area contributed by atoms with Crippen LogP contribution in [0.1, 0.15) is 15.9 Å². The fourth-order valence-corrected chi connectivity index (χ4v) is 3.52. The molecule has 0 atom stereocenters. The van der Waals surface area contributed by atoms with Gasteiger partial charge in [0.25, 0.3) is 0 Å². The molecule has 2 heterocycles. The second-order valence-corrected chi connectivity index (χ2v) is 7.36. The summed E-state index contributed by atoms with van der Waals surface area (Å²) in [5.74, 6) is -1.06. The Morgan fingerprint density at radius 2 is 1.93 bits per heavy atom. The van der Waals surface area contributed by atoms with E-state index in [4.69, 9.17) is 40.5 Å². The van der Waals surface area contributed by atoms with Gasteiger partial charge in [0.05, 0.1) is 22.5 Å². The maximum absolute atomic E-state index is 11.0. The number of nitrogens with one attached hydrogen (secondary N) is 1. The van der Waals surface area contributed by atoms with Crippen LogP contribution in [0.3, 0.4) is 0 Å². The van der Waals surface area contributed by atoms with Crippen molar-refractivity contribution in [3.63, 3.8) is 0 Å². The minimum absolute atomic E-state index is 0.0635. The summed E-state index contributed by atoms with van der Waals surface area (Å²) in [7, 11) is 0. The van der Waals surface area contributed by atoms with E-state index < -0.39 is 5.97 Å². The lowest BCUT2D eigenvalue weighted by atomic mass is 10.2. The fourth-order valence-electron chi connectivity index (χ4n) is 2.85. The highest BCUT2D eigenvalue weighted by Crippen LogP contribution is 2.23. The highest BCUT2D eigenvalue weighted by Gasteiger charge is 2.20. The number of rotatable bonds is 3. The Morgan fingerprint density at radius 3 is 2.52 bits per heavy atom. The number of hydrogen-bond donors (Lipinski definition) is 2. The van der Waals surface area contributed by atoms with Crippen molar-refractivity contribution in [2.24, 2.45) is 0 Å². The van der Waals surface area contributed by atoms with Crippen LogP contribution < -0.4 is 10.2 Å². The van der Waals surface area contributed by atoms with Gasteiger partial charge in [0, 0.05) is 31.9 Å². The molecule has 0 bridgehead atoms. The Balaban J connectivity index is 1.59. The summed E-state index contributed by atoms with van der Waals surface area (Å²) in [5, 5.41) is 13.4. The number of anilines is 2. The van der Waals surface area contributed by atoms with E-state index in [9.17, 15) is 4.79 Å². The van der Waals surface area contributed by atoms with E-state index in [2.05, 4.69) is 20.1 Å². The number of thiocarbonyl (C=S) groups is 1. The van der Waals surface area contributed by atoms with Crippen molar-refractivity contribution in [1.82, 2.24) is 9.88 Å². The maximum Gasteiger partial charge on any atom is 0.337 e. The predicted molar refractivity (Wildman–Crippen MR) is 112 cm³/mol. The van der Waals surface area contributed by atoms with Gasteiger partial charge in [-0.1, -0.05) is 23.2 Å². The lowest BCUT2D eigenvalue weighted by Gasteiger charge is -2.37. The van der Waals surface area contributed by atoms with Crippen LogP contribution in [0.5, 0.6) is 0 Å². The molecule has 0 radical (unpaired) electrons. The molecule has 1 fully saturated rings. The Bertz CT molecular complexity index is 886. The SMILES string of the molecule is Cc1cc(N2CCN(C(=S)Nc3ccc(C(=O)O)c(Cl)c3)CC2)cnc1Cl. The monoisotopic (exact) mass is 424 g/mol. The molecule has 0 unspecified atom stereocenters. The first kappa shape index (κ1) is 19.7. The zero-order valence-corrected chi connectivity index (χ0v) is 16.9. The summed E-state index contributed by atoms with van der Waals surface area (Å²) in [5.41, 5.74) is 2.73. The van der Waals surface area contributed by atoms with Gasteiger partial charge in [-0.05, 0) is 49.0 Å². The van der Waals surface area contributed by atoms with Crippen LogP contribution >= 0.6 is 35.4 Å². The second-order valence-electron chi connectivity index (χ2n) is 6.21. The third-order valence-electron chi connectivity index (χ3n) is 4.38. The smallest absolute Gasteiger partial charge is 0.337 e. The Labute approximate surface area is 172 Å². The van der Waals surface area contributed by atoms with Crippen molar-refractivity contribution in [2.75, 3.05) is 36.4 Å². The molecule has 0 spiro atoms. The predicted octanol–water partition coefficient (Wildman–Crippen LogP) is 3.91. The van der Waals surface area contributed by atoms with Crippen LogP contribution in [-0.2, 0) is 0 Å². The van der Waals surface area contributed by atoms with Gasteiger partial charge >= 0.3 is 5.97 Å². The van der Waals surface area contributed by atoms with Gasteiger partial charge in [0.1, 0.15) is 5.15 Å². The van der Waals surface area contributed by atoms with Gasteiger partial charge in [-0.3, -0.25) is 0 Å². The molecule has 6 nitrogen and oxygen atoms in total. The van der Waals surface area contributed by atoms with Crippen molar-refractivity contribution in [3.05, 3.63) is 51.8 Å². The van der Waals surface area contributed by atoms with Gasteiger partial charge in [0.15, 0.2) is 5.11 Å². The second kappa shape index (κ2) is 8.29. The minimum atomic E-state index is -1.06. The lowest BCUT2D eigenvalue weighted by molar-refractivity contribution is 0.0697. The van der Waals surface area contributed by atoms with Crippen LogP contribution in [0.25, 0.3) is 0 Å². The Hall–Kier alpha value is -2.09. The summed E-state index contributed by atoms with van der Waals surface area (Å²) < 4.78 is 0. The first-order valence-corrected chi connectivity index (χ1v) is 9.47. The van der Waals surface area contributed by atoms with Crippen molar-refractivity contribution >= 4 is 57.9 Å². The van der Waals surface area contributed by atoms with Crippen LogP contribution in [0.4, 0.5) is 11.4 Å². The average Bonchev–Trinajstić information content (AvgIpc) is 2.64. The van der Waals surface area contributed by atoms with E-state index in [1.54, 1.807) is 18.3 Å². The molecule has 2 aromatic rings. The van der Waals surface area contributed by atoms with E-state index in [1.807, 2.05) is 13.0 Å². The quantitative estimate of drug-likeness (QED) is 0.571. The molecule has 1 aromatic carbocycles. The number of halogens is 2. The van der Waals surface area contributed by atoms with Gasteiger partial charge in [-0.15, -0.1) is 0 Å². The fraction of sp³-hybridized carbons (Fsp3) is 0.278. The number of carboxylic acids is 1. The minimum Gasteiger partial charge on any atom is -0.478 e. The standard InChI is InChI=1S/C18H18Cl2N4O2S/c1-11-8-13(10-21-16(11)20)23-4-6-24(7-5-23)18(27)22-12-2-3-14(17(25)26)15(19)9-12/h2-3,8-10H,4-7H2,1H3,(H,22,27)(H,25,26). The molecular weight excluding hydrogens is 407 g/mol. The molecule has 0 amide bonds. The molecule has 142 valence electrons. The average molecular weight is 425 g/mol. The molecule has 1 aliphatic heterocycles. The summed E-state index contributed by atoms with van der Waals surface area (Å²) in [6.07, 6.45) is 1.79. The topological polar surface area (TPSA) is 68.7 Å². The van der Waals surface area contributed by atoms with Crippen LogP contribution in [0.2, 0.25) is 10.2 Å². The molecule has 1 aliphatic rings. The number of carbonyl (C=O) groups is 1. The molecule has 0 saturated carbocycles. The van der Waals surface area contributed by atoms with Gasteiger partial charge in [-0.25, -0.2) is 9.78 Å². The van der Waals surface area contributed by atoms with Crippen molar-refractivity contribution in [1.29, 1.82) is 0 Å². The molecular formula is C18H18Cl2N4O2S. The Morgan fingerprint density at radius 1 is 1.22 bits per heavy atom. The first-order chi connectivity index (χ1) is 12.8. The largest absolute Gasteiger partial charge is 0.478 e. The van der Waals surface area contributed by atoms with Crippen LogP contribution in [0, 0.1) is 6.92 Å². The van der Waals surface area contributed by atoms with E-state index in [0.717, 1.165) is 37.4 Å². The molecule has 3 rings (SSSR count). The molecule has 1 saturated heterocycles. The van der Waals surface area contributed by atoms with E-state index in [0.29, 0.717) is 16.0 Å². The number of pyridine rings is 1. The lowest BCUT2D eigenvalue weighted by Crippen LogP contribution is -2.50. The molecule has 9 heteroatoms. The third kappa shape index (κ3) is 4.61. The van der Waals surface area contributed by atoms with Gasteiger partial charge in [-0.2, -0.15) is 0 Å². The van der Waals surface area contributed by atoms with Crippen molar-refractivity contribution < 1.29 is 9.90 Å². The third-order valence-corrected chi connectivity index (χ3v) is 5.45. The summed E-state index contributed by atoms with van der Waals surface area (Å²) in [6, 6.07) is 6.72. The van der Waals surface area contributed by atoms with Gasteiger partial charge in [0.2, 0.25) is 0 Å². The first-order valence-electron chi connectivity index (χ1n) is 8.31. The number of aryl methyl sites for hydroxylation is 1. The highest BCUT2D eigenvalue weighted by molar-refractivity contribution is 7.80. The zero-order chi connectivity index (χ0) is 19.6. The van der Waals surface area contributed by atoms with Crippen LogP contribution in [0.15, 0.2) is 30.5 Å². The zero-order valence-electron chi connectivity index (χ0n) is 14.6. The number of aromatic carboxylic acids is 1. The number of nitrogens with zero attached hydrogens (tertiary/aromatic N) is 3. The number of benzene rings is 1.